The molecule has 1 N–H and O–H groups in total. The minimum atomic E-state index is -0.450. The second-order valence-corrected chi connectivity index (χ2v) is 4.29. The Morgan fingerprint density at radius 3 is 2.41 bits per heavy atom. The highest BCUT2D eigenvalue weighted by Crippen LogP contribution is 2.12. The van der Waals surface area contributed by atoms with Gasteiger partial charge >= 0.3 is 0 Å². The molecule has 0 spiro atoms. The molecule has 2 aromatic rings. The van der Waals surface area contributed by atoms with E-state index in [2.05, 4.69) is 10.5 Å². The van der Waals surface area contributed by atoms with Crippen molar-refractivity contribution >= 4 is 23.9 Å². The van der Waals surface area contributed by atoms with Crippen LogP contribution in [0.25, 0.3) is 6.08 Å². The molecule has 0 bridgehead atoms. The lowest BCUT2D eigenvalue weighted by molar-refractivity contribution is -0.384. The maximum absolute atomic E-state index is 11.7. The van der Waals surface area contributed by atoms with Crippen molar-refractivity contribution in [2.24, 2.45) is 5.10 Å². The smallest absolute Gasteiger partial charge is 0.267 e. The van der Waals surface area contributed by atoms with Gasteiger partial charge in [-0.1, -0.05) is 24.3 Å². The van der Waals surface area contributed by atoms with E-state index in [1.807, 2.05) is 6.07 Å². The molecule has 0 aromatic heterocycles. The fraction of sp³-hybridized carbons (Fsp3) is 0. The van der Waals surface area contributed by atoms with Crippen LogP contribution in [0.1, 0.15) is 15.9 Å². The highest BCUT2D eigenvalue weighted by molar-refractivity contribution is 5.94. The van der Waals surface area contributed by atoms with Crippen LogP contribution >= 0.6 is 0 Å². The summed E-state index contributed by atoms with van der Waals surface area (Å²) < 4.78 is 0. The number of nitrogens with one attached hydrogen (secondary N) is 1. The molecule has 0 saturated carbocycles. The molecule has 0 radical (unpaired) electrons. The number of nitro groups is 1. The van der Waals surface area contributed by atoms with E-state index in [-0.39, 0.29) is 11.6 Å². The first-order valence-electron chi connectivity index (χ1n) is 6.46. The summed E-state index contributed by atoms with van der Waals surface area (Å²) in [4.78, 5) is 21.7. The number of rotatable bonds is 5. The van der Waals surface area contributed by atoms with Gasteiger partial charge in [0, 0.05) is 23.9 Å². The van der Waals surface area contributed by atoms with E-state index in [0.717, 1.165) is 5.56 Å². The average Bonchev–Trinajstić information content (AvgIpc) is 2.55. The third-order valence-electron chi connectivity index (χ3n) is 2.76. The molecule has 6 nitrogen and oxygen atoms in total. The van der Waals surface area contributed by atoms with Crippen LogP contribution in [0, 0.1) is 10.1 Å². The highest BCUT2D eigenvalue weighted by atomic mass is 16.6. The van der Waals surface area contributed by atoms with Crippen molar-refractivity contribution in [1.82, 2.24) is 5.43 Å². The van der Waals surface area contributed by atoms with Crippen LogP contribution in [-0.4, -0.2) is 17.0 Å². The van der Waals surface area contributed by atoms with E-state index in [9.17, 15) is 14.9 Å². The SMILES string of the molecule is O=C(NN=CC=Cc1ccc([N+](=O)[O-])cc1)c1ccccc1. The maximum atomic E-state index is 11.7. The van der Waals surface area contributed by atoms with E-state index in [4.69, 9.17) is 0 Å². The Bertz CT molecular complexity index is 707. The van der Waals surface area contributed by atoms with Crippen molar-refractivity contribution in [1.29, 1.82) is 0 Å². The summed E-state index contributed by atoms with van der Waals surface area (Å²) in [5, 5.41) is 14.3. The third-order valence-corrected chi connectivity index (χ3v) is 2.76. The molecule has 0 aliphatic heterocycles. The van der Waals surface area contributed by atoms with Crippen molar-refractivity contribution < 1.29 is 9.72 Å². The van der Waals surface area contributed by atoms with Gasteiger partial charge in [-0.2, -0.15) is 5.10 Å². The van der Waals surface area contributed by atoms with E-state index in [0.29, 0.717) is 5.56 Å². The topological polar surface area (TPSA) is 84.6 Å². The Hall–Kier alpha value is -3.28. The molecule has 110 valence electrons. The number of carbonyl (C=O) groups is 1. The van der Waals surface area contributed by atoms with Crippen LogP contribution in [0.2, 0.25) is 0 Å². The molecule has 0 fully saturated rings. The lowest BCUT2D eigenvalue weighted by Gasteiger charge is -1.97. The number of carbonyl (C=O) groups excluding carboxylic acids is 1. The third kappa shape index (κ3) is 4.38. The average molecular weight is 295 g/mol. The summed E-state index contributed by atoms with van der Waals surface area (Å²) >= 11 is 0. The lowest BCUT2D eigenvalue weighted by atomic mass is 10.2. The van der Waals surface area contributed by atoms with Gasteiger partial charge in [0.05, 0.1) is 4.92 Å². The van der Waals surface area contributed by atoms with Gasteiger partial charge in [-0.15, -0.1) is 0 Å². The molecule has 0 unspecified atom stereocenters. The molecule has 0 saturated heterocycles. The number of nitro benzene ring substituents is 1. The molecule has 22 heavy (non-hydrogen) atoms. The molecule has 0 aliphatic rings. The molecular formula is C16H13N3O3. The van der Waals surface area contributed by atoms with Gasteiger partial charge in [0.1, 0.15) is 0 Å². The van der Waals surface area contributed by atoms with Gasteiger partial charge in [-0.25, -0.2) is 5.43 Å². The Labute approximate surface area is 126 Å². The number of amides is 1. The summed E-state index contributed by atoms with van der Waals surface area (Å²) in [7, 11) is 0. The van der Waals surface area contributed by atoms with Crippen LogP contribution in [0.3, 0.4) is 0 Å². The number of allylic oxidation sites excluding steroid dienone is 1. The van der Waals surface area contributed by atoms with Crippen LogP contribution in [-0.2, 0) is 0 Å². The predicted molar refractivity (Wildman–Crippen MR) is 84.5 cm³/mol. The first-order valence-corrected chi connectivity index (χ1v) is 6.46. The van der Waals surface area contributed by atoms with Crippen LogP contribution in [0.5, 0.6) is 0 Å². The van der Waals surface area contributed by atoms with Gasteiger partial charge in [-0.3, -0.25) is 14.9 Å². The van der Waals surface area contributed by atoms with Crippen LogP contribution in [0.4, 0.5) is 5.69 Å². The number of non-ortho nitro benzene ring substituents is 1. The zero-order valence-electron chi connectivity index (χ0n) is 11.5. The monoisotopic (exact) mass is 295 g/mol. The van der Waals surface area contributed by atoms with Crippen molar-refractivity contribution in [3.05, 3.63) is 81.9 Å². The normalized spacial score (nSPS) is 10.9. The van der Waals surface area contributed by atoms with E-state index in [1.165, 1.54) is 18.3 Å². The largest absolute Gasteiger partial charge is 0.271 e. The van der Waals surface area contributed by atoms with Crippen LogP contribution < -0.4 is 5.43 Å². The van der Waals surface area contributed by atoms with Gasteiger partial charge in [0.2, 0.25) is 0 Å². The van der Waals surface area contributed by atoms with Gasteiger partial charge in [-0.05, 0) is 35.9 Å². The van der Waals surface area contributed by atoms with Crippen molar-refractivity contribution in [2.75, 3.05) is 0 Å². The summed E-state index contributed by atoms with van der Waals surface area (Å²) in [6.07, 6.45) is 4.79. The zero-order valence-corrected chi connectivity index (χ0v) is 11.5. The number of hydrazone groups is 1. The Kier molecular flexibility index (Phi) is 5.15. The quantitative estimate of drug-likeness (QED) is 0.522. The van der Waals surface area contributed by atoms with Gasteiger partial charge in [0.25, 0.3) is 11.6 Å². The summed E-state index contributed by atoms with van der Waals surface area (Å²) in [6.45, 7) is 0. The second kappa shape index (κ2) is 7.49. The first kappa shape index (κ1) is 15.1. The maximum Gasteiger partial charge on any atom is 0.271 e. The van der Waals surface area contributed by atoms with Crippen molar-refractivity contribution in [2.45, 2.75) is 0 Å². The fourth-order valence-electron chi connectivity index (χ4n) is 1.65. The molecule has 6 heteroatoms. The van der Waals surface area contributed by atoms with Crippen molar-refractivity contribution in [3.63, 3.8) is 0 Å². The molecule has 2 rings (SSSR count). The standard InChI is InChI=1S/C16H13N3O3/c20-16(14-6-2-1-3-7-14)18-17-12-4-5-13-8-10-15(11-9-13)19(21)22/h1-12H,(H,18,20). The van der Waals surface area contributed by atoms with E-state index in [1.54, 1.807) is 48.6 Å². The molecule has 1 amide bonds. The lowest BCUT2D eigenvalue weighted by Crippen LogP contribution is -2.16. The first-order chi connectivity index (χ1) is 10.7. The molecule has 0 heterocycles. The summed E-state index contributed by atoms with van der Waals surface area (Å²) in [5.41, 5.74) is 3.77. The summed E-state index contributed by atoms with van der Waals surface area (Å²) in [5.74, 6) is -0.291. The minimum Gasteiger partial charge on any atom is -0.267 e. The van der Waals surface area contributed by atoms with Gasteiger partial charge < -0.3 is 0 Å². The van der Waals surface area contributed by atoms with E-state index >= 15 is 0 Å². The molecular weight excluding hydrogens is 282 g/mol. The molecule has 2 aromatic carbocycles. The Morgan fingerprint density at radius 2 is 1.77 bits per heavy atom. The molecule has 0 aliphatic carbocycles. The second-order valence-electron chi connectivity index (χ2n) is 4.29. The number of nitrogens with zero attached hydrogens (tertiary/aromatic N) is 2. The minimum absolute atomic E-state index is 0.0425. The number of hydrogen-bond acceptors (Lipinski definition) is 4. The van der Waals surface area contributed by atoms with Gasteiger partial charge in [0.15, 0.2) is 0 Å². The predicted octanol–water partition coefficient (Wildman–Crippen LogP) is 3.02. The van der Waals surface area contributed by atoms with Crippen LogP contribution in [0.15, 0.2) is 65.8 Å². The Balaban J connectivity index is 1.87. The highest BCUT2D eigenvalue weighted by Gasteiger charge is 2.02. The summed E-state index contributed by atoms with van der Waals surface area (Å²) in [6, 6.07) is 14.9. The van der Waals surface area contributed by atoms with Crippen molar-refractivity contribution in [3.8, 4) is 0 Å². The zero-order chi connectivity index (χ0) is 15.8. The fourth-order valence-corrected chi connectivity index (χ4v) is 1.65. The number of hydrogen-bond donors (Lipinski definition) is 1. The Morgan fingerprint density at radius 1 is 1.09 bits per heavy atom. The number of benzene rings is 2. The molecule has 0 atom stereocenters. The van der Waals surface area contributed by atoms with E-state index < -0.39 is 4.92 Å².